The van der Waals surface area contributed by atoms with Crippen LogP contribution in [0.2, 0.25) is 0 Å². The minimum Gasteiger partial charge on any atom is -0.371 e. The summed E-state index contributed by atoms with van der Waals surface area (Å²) in [5.41, 5.74) is 2.08. The van der Waals surface area contributed by atoms with Crippen molar-refractivity contribution in [3.8, 4) is 5.69 Å². The molecule has 1 aliphatic rings. The number of ketones is 1. The van der Waals surface area contributed by atoms with Gasteiger partial charge in [0, 0.05) is 25.7 Å². The summed E-state index contributed by atoms with van der Waals surface area (Å²) in [5, 5.41) is 7.34. The molecule has 1 aliphatic heterocycles. The Kier molecular flexibility index (Phi) is 5.27. The number of Topliss-reactive ketones (excluding diaryl/α,β-unsaturated/α-hetero) is 1. The molecule has 0 unspecified atom stereocenters. The van der Waals surface area contributed by atoms with Crippen LogP contribution in [-0.2, 0) is 11.2 Å². The van der Waals surface area contributed by atoms with E-state index in [1.807, 2.05) is 0 Å². The summed E-state index contributed by atoms with van der Waals surface area (Å²) in [6.07, 6.45) is 2.75. The van der Waals surface area contributed by atoms with E-state index in [-0.39, 0.29) is 24.1 Å². The van der Waals surface area contributed by atoms with Crippen LogP contribution in [0.3, 0.4) is 0 Å². The van der Waals surface area contributed by atoms with Crippen LogP contribution >= 0.6 is 0 Å². The molecule has 0 bridgehead atoms. The highest BCUT2D eigenvalue weighted by Gasteiger charge is 2.18. The van der Waals surface area contributed by atoms with Gasteiger partial charge in [-0.2, -0.15) is 5.10 Å². The first-order valence-electron chi connectivity index (χ1n) is 9.04. The molecule has 1 atom stereocenters. The van der Waals surface area contributed by atoms with E-state index in [0.717, 1.165) is 12.1 Å². The van der Waals surface area contributed by atoms with Crippen molar-refractivity contribution in [2.24, 2.45) is 0 Å². The number of nitrogens with zero attached hydrogens (tertiary/aromatic N) is 2. The smallest absolute Gasteiger partial charge is 0.170 e. The molecule has 4 rings (SSSR count). The number of benzene rings is 2. The van der Waals surface area contributed by atoms with E-state index in [4.69, 9.17) is 4.74 Å². The van der Waals surface area contributed by atoms with Crippen LogP contribution in [0.1, 0.15) is 27.6 Å². The van der Waals surface area contributed by atoms with E-state index >= 15 is 0 Å². The molecule has 0 aliphatic carbocycles. The van der Waals surface area contributed by atoms with Gasteiger partial charge in [-0.3, -0.25) is 4.79 Å². The molecule has 1 aromatic heterocycles. The molecule has 1 saturated heterocycles. The van der Waals surface area contributed by atoms with Crippen molar-refractivity contribution in [2.45, 2.75) is 12.5 Å². The normalized spacial score (nSPS) is 16.9. The number of nitrogens with one attached hydrogen (secondary N) is 1. The van der Waals surface area contributed by atoms with Crippen LogP contribution in [0, 0.1) is 11.6 Å². The Morgan fingerprint density at radius 1 is 1.21 bits per heavy atom. The number of hydrogen-bond acceptors (Lipinski definition) is 4. The van der Waals surface area contributed by atoms with Crippen molar-refractivity contribution in [1.82, 2.24) is 15.1 Å². The fourth-order valence-electron chi connectivity index (χ4n) is 3.16. The van der Waals surface area contributed by atoms with Gasteiger partial charge in [0.05, 0.1) is 30.2 Å². The third kappa shape index (κ3) is 4.00. The largest absolute Gasteiger partial charge is 0.371 e. The van der Waals surface area contributed by atoms with Crippen LogP contribution in [0.5, 0.6) is 0 Å². The predicted molar refractivity (Wildman–Crippen MR) is 99.5 cm³/mol. The van der Waals surface area contributed by atoms with Crippen molar-refractivity contribution < 1.29 is 18.3 Å². The van der Waals surface area contributed by atoms with Gasteiger partial charge in [-0.25, -0.2) is 13.5 Å². The summed E-state index contributed by atoms with van der Waals surface area (Å²) in [6.45, 7) is 2.02. The lowest BCUT2D eigenvalue weighted by Crippen LogP contribution is -2.33. The molecule has 0 spiro atoms. The van der Waals surface area contributed by atoms with Gasteiger partial charge in [-0.15, -0.1) is 0 Å². The summed E-state index contributed by atoms with van der Waals surface area (Å²) in [5.74, 6) is -1.01. The Labute approximate surface area is 160 Å². The summed E-state index contributed by atoms with van der Waals surface area (Å²) in [6, 6.07) is 10.6. The van der Waals surface area contributed by atoms with Gasteiger partial charge in [0.15, 0.2) is 5.78 Å². The van der Waals surface area contributed by atoms with E-state index in [9.17, 15) is 13.6 Å². The molecular formula is C21H19F2N3O2. The Balaban J connectivity index is 1.47. The average molecular weight is 383 g/mol. The number of aromatic nitrogens is 2. The van der Waals surface area contributed by atoms with Gasteiger partial charge in [0.25, 0.3) is 0 Å². The Morgan fingerprint density at radius 3 is 2.75 bits per heavy atom. The molecule has 2 aromatic carbocycles. The maximum absolute atomic E-state index is 14.5. The summed E-state index contributed by atoms with van der Waals surface area (Å²) >= 11 is 0. The third-order valence-corrected chi connectivity index (χ3v) is 4.72. The highest BCUT2D eigenvalue weighted by atomic mass is 19.1. The van der Waals surface area contributed by atoms with E-state index < -0.39 is 5.82 Å². The van der Waals surface area contributed by atoms with E-state index in [2.05, 4.69) is 10.4 Å². The highest BCUT2D eigenvalue weighted by molar-refractivity contribution is 5.97. The van der Waals surface area contributed by atoms with Gasteiger partial charge in [0.2, 0.25) is 0 Å². The average Bonchev–Trinajstić information content (AvgIpc) is 3.21. The van der Waals surface area contributed by atoms with Crippen LogP contribution in [0.15, 0.2) is 54.9 Å². The molecule has 144 valence electrons. The number of halogens is 2. The lowest BCUT2D eigenvalue weighted by Gasteiger charge is -2.24. The summed E-state index contributed by atoms with van der Waals surface area (Å²) in [7, 11) is 0. The minimum atomic E-state index is -0.425. The zero-order valence-electron chi connectivity index (χ0n) is 15.1. The fourth-order valence-corrected chi connectivity index (χ4v) is 3.16. The van der Waals surface area contributed by atoms with Gasteiger partial charge < -0.3 is 10.1 Å². The molecule has 28 heavy (non-hydrogen) atoms. The number of morpholine rings is 1. The van der Waals surface area contributed by atoms with Crippen LogP contribution in [0.4, 0.5) is 8.78 Å². The van der Waals surface area contributed by atoms with Crippen LogP contribution < -0.4 is 5.32 Å². The van der Waals surface area contributed by atoms with Gasteiger partial charge in [-0.1, -0.05) is 12.1 Å². The molecular weight excluding hydrogens is 364 g/mol. The number of rotatable bonds is 5. The lowest BCUT2D eigenvalue weighted by molar-refractivity contribution is 0.0275. The van der Waals surface area contributed by atoms with Gasteiger partial charge in [0.1, 0.15) is 11.6 Å². The summed E-state index contributed by atoms with van der Waals surface area (Å²) in [4.78, 5) is 12.5. The first-order valence-corrected chi connectivity index (χ1v) is 9.04. The Morgan fingerprint density at radius 2 is 2.04 bits per heavy atom. The number of ether oxygens (including phenoxy) is 1. The van der Waals surface area contributed by atoms with Crippen molar-refractivity contribution in [3.63, 3.8) is 0 Å². The monoisotopic (exact) mass is 383 g/mol. The zero-order chi connectivity index (χ0) is 19.5. The van der Waals surface area contributed by atoms with E-state index in [1.54, 1.807) is 30.5 Å². The maximum atomic E-state index is 14.5. The second-order valence-electron chi connectivity index (χ2n) is 6.66. The SMILES string of the molecule is O=C(Cc1ccc([C@H]2CNCCO2)cc1F)c1cnn(-c2ccc(F)cc2)c1. The standard InChI is InChI=1S/C21H19F2N3O2/c22-17-3-5-18(6-4-17)26-13-16(11-25-26)20(27)10-14-1-2-15(9-19(14)23)21-12-24-7-8-28-21/h1-6,9,11,13,21,24H,7-8,10,12H2/t21-/m1/s1. The first kappa shape index (κ1) is 18.5. The van der Waals surface area contributed by atoms with Crippen LogP contribution in [-0.4, -0.2) is 35.3 Å². The second-order valence-corrected chi connectivity index (χ2v) is 6.66. The number of hydrogen-bond donors (Lipinski definition) is 1. The maximum Gasteiger partial charge on any atom is 0.170 e. The molecule has 0 amide bonds. The highest BCUT2D eigenvalue weighted by Crippen LogP contribution is 2.22. The number of carbonyl (C=O) groups excluding carboxylic acids is 1. The van der Waals surface area contributed by atoms with Gasteiger partial charge in [-0.05, 0) is 41.5 Å². The Hall–Kier alpha value is -2.90. The quantitative estimate of drug-likeness (QED) is 0.688. The molecule has 1 fully saturated rings. The molecule has 2 heterocycles. The second kappa shape index (κ2) is 8.00. The zero-order valence-corrected chi connectivity index (χ0v) is 15.1. The fraction of sp³-hybridized carbons (Fsp3) is 0.238. The van der Waals surface area contributed by atoms with Gasteiger partial charge >= 0.3 is 0 Å². The number of carbonyl (C=O) groups is 1. The molecule has 0 saturated carbocycles. The van der Waals surface area contributed by atoms with Crippen molar-refractivity contribution >= 4 is 5.78 Å². The van der Waals surface area contributed by atoms with Crippen molar-refractivity contribution in [2.75, 3.05) is 19.7 Å². The van der Waals surface area contributed by atoms with Crippen LogP contribution in [0.25, 0.3) is 5.69 Å². The third-order valence-electron chi connectivity index (χ3n) is 4.72. The summed E-state index contributed by atoms with van der Waals surface area (Å²) < 4.78 is 34.7. The predicted octanol–water partition coefficient (Wildman–Crippen LogP) is 3.24. The lowest BCUT2D eigenvalue weighted by atomic mass is 10.0. The Bertz CT molecular complexity index is 980. The molecule has 0 radical (unpaired) electrons. The molecule has 5 nitrogen and oxygen atoms in total. The van der Waals surface area contributed by atoms with Crippen molar-refractivity contribution in [1.29, 1.82) is 0 Å². The van der Waals surface area contributed by atoms with Crippen molar-refractivity contribution in [3.05, 3.63) is 83.2 Å². The topological polar surface area (TPSA) is 56.1 Å². The molecule has 7 heteroatoms. The van der Waals surface area contributed by atoms with E-state index in [1.165, 1.54) is 29.1 Å². The first-order chi connectivity index (χ1) is 13.6. The minimum absolute atomic E-state index is 0.0645. The molecule has 1 N–H and O–H groups in total. The molecule has 3 aromatic rings. The van der Waals surface area contributed by atoms with E-state index in [0.29, 0.717) is 30.0 Å².